The number of esters is 1. The normalized spacial score (nSPS) is 46.4. The van der Waals surface area contributed by atoms with Crippen molar-refractivity contribution in [1.82, 2.24) is 4.90 Å². The number of hydrogen-bond donors (Lipinski definition) is 4. The number of para-hydroxylation sites is 1. The number of amides is 1. The van der Waals surface area contributed by atoms with Gasteiger partial charge in [0.25, 0.3) is 5.91 Å². The number of allylic oxidation sites excluding steroid dienone is 1. The predicted octanol–water partition coefficient (Wildman–Crippen LogP) is 2.43. The third-order valence-electron chi connectivity index (χ3n) is 11.7. The van der Waals surface area contributed by atoms with E-state index in [0.717, 1.165) is 24.8 Å². The second kappa shape index (κ2) is 8.37. The fourth-order valence-electron chi connectivity index (χ4n) is 9.80. The van der Waals surface area contributed by atoms with Crippen LogP contribution >= 0.6 is 0 Å². The van der Waals surface area contributed by atoms with Gasteiger partial charge in [0.2, 0.25) is 0 Å². The van der Waals surface area contributed by atoms with Crippen LogP contribution < -0.4 is 5.32 Å². The Kier molecular flexibility index (Phi) is 5.72. The number of carbonyl (C=O) groups excluding carboxylic acids is 2. The quantitative estimate of drug-likeness (QED) is 0.354. The minimum atomic E-state index is -1.46. The zero-order valence-electron chi connectivity index (χ0n) is 22.6. The number of aliphatic hydroxyl groups excluding tert-OH is 3. The summed E-state index contributed by atoms with van der Waals surface area (Å²) in [5.41, 5.74) is -1.23. The molecule has 8 nitrogen and oxygen atoms in total. The van der Waals surface area contributed by atoms with Gasteiger partial charge in [0.15, 0.2) is 0 Å². The zero-order chi connectivity index (χ0) is 27.3. The van der Waals surface area contributed by atoms with Crippen molar-refractivity contribution in [2.75, 3.05) is 32.1 Å². The van der Waals surface area contributed by atoms with Crippen molar-refractivity contribution in [3.63, 3.8) is 0 Å². The van der Waals surface area contributed by atoms with Crippen LogP contribution in [0.2, 0.25) is 0 Å². The highest BCUT2D eigenvalue weighted by molar-refractivity contribution is 6.10. The lowest BCUT2D eigenvalue weighted by atomic mass is 9.45. The van der Waals surface area contributed by atoms with E-state index in [0.29, 0.717) is 30.6 Å². The molecule has 4 fully saturated rings. The number of nitrogens with one attached hydrogen (secondary N) is 1. The van der Waals surface area contributed by atoms with Gasteiger partial charge in [-0.2, -0.15) is 0 Å². The molecule has 2 spiro atoms. The molecule has 2 aliphatic carbocycles. The number of ether oxygens (including phenoxy) is 1. The topological polar surface area (TPSA) is 119 Å². The Bertz CT molecular complexity index is 1200. The lowest BCUT2D eigenvalue weighted by Gasteiger charge is -2.60. The first-order valence-corrected chi connectivity index (χ1v) is 13.9. The summed E-state index contributed by atoms with van der Waals surface area (Å²) in [7, 11) is 1.86. The van der Waals surface area contributed by atoms with Gasteiger partial charge in [-0.3, -0.25) is 14.5 Å². The second-order valence-corrected chi connectivity index (χ2v) is 13.0. The number of anilines is 1. The summed E-state index contributed by atoms with van der Waals surface area (Å²) in [4.78, 5) is 29.8. The molecule has 5 aliphatic rings. The van der Waals surface area contributed by atoms with E-state index in [1.54, 1.807) is 0 Å². The number of nitrogens with zero attached hydrogens (tertiary/aromatic N) is 1. The Balaban J connectivity index is 1.47. The number of likely N-dealkylation sites (N-methyl/N-ethyl adjacent to an activating group) is 1. The molecule has 3 aliphatic heterocycles. The number of likely N-dealkylation sites (tertiary alicyclic amines) is 1. The van der Waals surface area contributed by atoms with Gasteiger partial charge < -0.3 is 25.4 Å². The molecule has 6 rings (SSSR count). The van der Waals surface area contributed by atoms with Crippen LogP contribution in [0.1, 0.15) is 51.5 Å². The van der Waals surface area contributed by atoms with Crippen LogP contribution in [0.25, 0.3) is 0 Å². The summed E-state index contributed by atoms with van der Waals surface area (Å²) in [5, 5.41) is 35.9. The van der Waals surface area contributed by atoms with Gasteiger partial charge >= 0.3 is 5.97 Å². The number of carbonyl (C=O) groups is 2. The molecule has 2 saturated carbocycles. The molecule has 2 saturated heterocycles. The van der Waals surface area contributed by atoms with Crippen LogP contribution in [0, 0.1) is 34.0 Å². The number of hydrogen-bond acceptors (Lipinski definition) is 7. The van der Waals surface area contributed by atoms with Gasteiger partial charge in [0.1, 0.15) is 23.7 Å². The first kappa shape index (κ1) is 26.0. The van der Waals surface area contributed by atoms with Gasteiger partial charge in [-0.15, -0.1) is 0 Å². The maximum Gasteiger partial charge on any atom is 0.318 e. The number of cyclic esters (lactones) is 1. The van der Waals surface area contributed by atoms with E-state index in [4.69, 9.17) is 4.74 Å². The molecule has 1 aromatic carbocycles. The van der Waals surface area contributed by atoms with E-state index in [1.807, 2.05) is 43.1 Å². The first-order chi connectivity index (χ1) is 18.0. The van der Waals surface area contributed by atoms with Gasteiger partial charge in [0, 0.05) is 23.2 Å². The minimum Gasteiger partial charge on any atom is -0.462 e. The Morgan fingerprint density at radius 3 is 2.58 bits per heavy atom. The molecule has 4 N–H and O–H groups in total. The van der Waals surface area contributed by atoms with Crippen LogP contribution in [-0.4, -0.2) is 71.1 Å². The summed E-state index contributed by atoms with van der Waals surface area (Å²) in [6.07, 6.45) is 1.86. The molecular weight excluding hydrogens is 484 g/mol. The summed E-state index contributed by atoms with van der Waals surface area (Å²) in [5.74, 6) is -1.10. The van der Waals surface area contributed by atoms with E-state index >= 15 is 0 Å². The molecule has 0 aromatic heterocycles. The maximum atomic E-state index is 13.9. The summed E-state index contributed by atoms with van der Waals surface area (Å²) >= 11 is 0. The average Bonchev–Trinajstić information content (AvgIpc) is 3.46. The molecule has 38 heavy (non-hydrogen) atoms. The molecule has 8 heteroatoms. The van der Waals surface area contributed by atoms with E-state index in [9.17, 15) is 24.9 Å². The average molecular weight is 525 g/mol. The predicted molar refractivity (Wildman–Crippen MR) is 141 cm³/mol. The molecule has 206 valence electrons. The fourth-order valence-corrected chi connectivity index (χ4v) is 9.80. The number of fused-ring (bicyclic) bond motifs is 4. The number of rotatable bonds is 3. The number of aliphatic hydroxyl groups is 3. The fraction of sp³-hybridized carbons (Fsp3) is 0.667. The standard InChI is InChI=1S/C30H40N2O6/c1-17-9-10-22-27(2,12-11-23(34)28(22,3)16-33)20(17)13-18-14-32(4)30(29(18)24(35)15-38-26(29)37)19-7-5-6-8-21(19)31-25(30)36/h5-8,18,20,22-24,33-35H,1,9-16H2,2-4H3,(H,31,36)/t18?,20-,22+,23-,24-,27+,28+,29-,30+/m1/s1. The Labute approximate surface area is 224 Å². The molecule has 0 radical (unpaired) electrons. The lowest BCUT2D eigenvalue weighted by Crippen LogP contribution is -2.62. The van der Waals surface area contributed by atoms with Crippen LogP contribution in [0.15, 0.2) is 36.4 Å². The Hall–Kier alpha value is -2.26. The van der Waals surface area contributed by atoms with Gasteiger partial charge in [0.05, 0.1) is 12.7 Å². The summed E-state index contributed by atoms with van der Waals surface area (Å²) in [6, 6.07) is 7.42. The van der Waals surface area contributed by atoms with Crippen molar-refractivity contribution in [2.45, 2.75) is 63.7 Å². The first-order valence-electron chi connectivity index (χ1n) is 13.9. The van der Waals surface area contributed by atoms with E-state index in [-0.39, 0.29) is 42.3 Å². The van der Waals surface area contributed by atoms with Crippen molar-refractivity contribution in [2.24, 2.45) is 34.0 Å². The van der Waals surface area contributed by atoms with Gasteiger partial charge in [-0.25, -0.2) is 0 Å². The molecule has 3 heterocycles. The van der Waals surface area contributed by atoms with Crippen LogP contribution in [0.3, 0.4) is 0 Å². The molecular formula is C30H40N2O6. The molecule has 1 aromatic rings. The molecule has 9 atom stereocenters. The van der Waals surface area contributed by atoms with E-state index < -0.39 is 34.5 Å². The third kappa shape index (κ3) is 2.85. The van der Waals surface area contributed by atoms with Crippen molar-refractivity contribution >= 4 is 17.6 Å². The largest absolute Gasteiger partial charge is 0.462 e. The van der Waals surface area contributed by atoms with Crippen LogP contribution in [-0.2, 0) is 19.9 Å². The summed E-state index contributed by atoms with van der Waals surface area (Å²) < 4.78 is 5.56. The van der Waals surface area contributed by atoms with Gasteiger partial charge in [-0.05, 0) is 68.4 Å². The highest BCUT2D eigenvalue weighted by Gasteiger charge is 2.79. The van der Waals surface area contributed by atoms with E-state index in [2.05, 4.69) is 18.8 Å². The Morgan fingerprint density at radius 2 is 1.89 bits per heavy atom. The lowest BCUT2D eigenvalue weighted by molar-refractivity contribution is -0.165. The molecule has 0 bridgehead atoms. The van der Waals surface area contributed by atoms with Crippen LogP contribution in [0.5, 0.6) is 0 Å². The van der Waals surface area contributed by atoms with Crippen molar-refractivity contribution in [3.05, 3.63) is 42.0 Å². The summed E-state index contributed by atoms with van der Waals surface area (Å²) in [6.45, 7) is 8.93. The van der Waals surface area contributed by atoms with Crippen molar-refractivity contribution in [3.8, 4) is 0 Å². The smallest absolute Gasteiger partial charge is 0.318 e. The number of benzene rings is 1. The van der Waals surface area contributed by atoms with Crippen molar-refractivity contribution in [1.29, 1.82) is 0 Å². The Morgan fingerprint density at radius 1 is 1.16 bits per heavy atom. The van der Waals surface area contributed by atoms with E-state index in [1.165, 1.54) is 0 Å². The highest BCUT2D eigenvalue weighted by atomic mass is 16.6. The monoisotopic (exact) mass is 524 g/mol. The van der Waals surface area contributed by atoms with Gasteiger partial charge in [-0.1, -0.05) is 44.2 Å². The highest BCUT2D eigenvalue weighted by Crippen LogP contribution is 2.67. The zero-order valence-corrected chi connectivity index (χ0v) is 22.6. The SMILES string of the molecule is C=C1CC[C@@H]2[C@](C)(CO)[C@H](O)CC[C@@]2(C)[C@@H]1CC1CN(C)[C@@]2(C(=O)Nc3ccccc32)[C@]12C(=O)OC[C@H]2O. The molecule has 1 amide bonds. The minimum absolute atomic E-state index is 0.00496. The second-order valence-electron chi connectivity index (χ2n) is 13.0. The third-order valence-corrected chi connectivity index (χ3v) is 11.7. The van der Waals surface area contributed by atoms with Crippen molar-refractivity contribution < 1.29 is 29.6 Å². The maximum absolute atomic E-state index is 13.9. The van der Waals surface area contributed by atoms with Crippen LogP contribution in [0.4, 0.5) is 5.69 Å². The molecule has 1 unspecified atom stereocenters.